The minimum atomic E-state index is -0.0185. The molecule has 2 heterocycles. The van der Waals surface area contributed by atoms with Crippen LogP contribution in [-0.4, -0.2) is 52.9 Å². The molecule has 1 aromatic carbocycles. The highest BCUT2D eigenvalue weighted by Gasteiger charge is 2.42. The molecule has 2 saturated heterocycles. The lowest BCUT2D eigenvalue weighted by Gasteiger charge is -2.48. The molecule has 1 N–H and O–H groups in total. The van der Waals surface area contributed by atoms with Crippen LogP contribution in [0.2, 0.25) is 0 Å². The second-order valence-corrected chi connectivity index (χ2v) is 8.83. The van der Waals surface area contributed by atoms with Gasteiger partial charge in [-0.2, -0.15) is 0 Å². The Morgan fingerprint density at radius 1 is 1.26 bits per heavy atom. The van der Waals surface area contributed by atoms with E-state index in [-0.39, 0.29) is 23.0 Å². The fraction of sp³-hybridized carbons (Fsp3) is 0.636. The lowest BCUT2D eigenvalue weighted by Crippen LogP contribution is -2.55. The molecule has 2 aliphatic rings. The number of benzene rings is 1. The monoisotopic (exact) mass is 372 g/mol. The van der Waals surface area contributed by atoms with Crippen molar-refractivity contribution in [2.45, 2.75) is 52.9 Å². The average Bonchev–Trinajstić information content (AvgIpc) is 2.64. The Hall–Kier alpha value is -2.04. The number of hydrogen-bond acceptors (Lipinski definition) is 3. The van der Waals surface area contributed by atoms with E-state index in [0.29, 0.717) is 24.4 Å². The van der Waals surface area contributed by atoms with E-state index in [4.69, 9.17) is 0 Å². The van der Waals surface area contributed by atoms with E-state index >= 15 is 0 Å². The van der Waals surface area contributed by atoms with Crippen LogP contribution in [0.3, 0.4) is 0 Å². The molecular formula is C22H32N2O3. The van der Waals surface area contributed by atoms with Gasteiger partial charge in [0.05, 0.1) is 0 Å². The summed E-state index contributed by atoms with van der Waals surface area (Å²) < 4.78 is 0. The quantitative estimate of drug-likeness (QED) is 0.879. The van der Waals surface area contributed by atoms with Crippen LogP contribution < -0.4 is 0 Å². The molecule has 1 spiro atoms. The number of carbonyl (C=O) groups is 2. The Kier molecular flexibility index (Phi) is 5.78. The number of hydrogen-bond donors (Lipinski definition) is 1. The molecule has 1 atom stereocenters. The van der Waals surface area contributed by atoms with Crippen molar-refractivity contribution in [2.24, 2.45) is 11.3 Å². The molecule has 0 saturated carbocycles. The molecule has 0 aromatic heterocycles. The number of aromatic hydroxyl groups is 1. The topological polar surface area (TPSA) is 60.9 Å². The van der Waals surface area contributed by atoms with Gasteiger partial charge in [-0.25, -0.2) is 0 Å². The Morgan fingerprint density at radius 3 is 2.74 bits per heavy atom. The first kappa shape index (κ1) is 19.7. The van der Waals surface area contributed by atoms with E-state index < -0.39 is 0 Å². The molecule has 2 fully saturated rings. The van der Waals surface area contributed by atoms with Gasteiger partial charge in [0.2, 0.25) is 5.91 Å². The number of piperidine rings is 2. The molecule has 5 heteroatoms. The number of aryl methyl sites for hydroxylation is 1. The fourth-order valence-electron chi connectivity index (χ4n) is 4.36. The molecule has 5 nitrogen and oxygen atoms in total. The molecule has 3 rings (SSSR count). The number of rotatable bonds is 4. The van der Waals surface area contributed by atoms with Crippen molar-refractivity contribution in [3.05, 3.63) is 29.3 Å². The van der Waals surface area contributed by atoms with Crippen LogP contribution in [0, 0.1) is 18.3 Å². The molecule has 0 bridgehead atoms. The summed E-state index contributed by atoms with van der Waals surface area (Å²) in [6.45, 7) is 9.22. The molecule has 0 unspecified atom stereocenters. The van der Waals surface area contributed by atoms with Gasteiger partial charge in [0.15, 0.2) is 0 Å². The van der Waals surface area contributed by atoms with Crippen LogP contribution in [0.15, 0.2) is 18.2 Å². The molecule has 148 valence electrons. The average molecular weight is 373 g/mol. The van der Waals surface area contributed by atoms with Crippen molar-refractivity contribution in [1.82, 2.24) is 9.80 Å². The van der Waals surface area contributed by atoms with Gasteiger partial charge in [0.1, 0.15) is 5.75 Å². The maximum absolute atomic E-state index is 13.0. The summed E-state index contributed by atoms with van der Waals surface area (Å²) in [5, 5.41) is 9.94. The Labute approximate surface area is 162 Å². The first-order chi connectivity index (χ1) is 12.8. The van der Waals surface area contributed by atoms with E-state index in [0.717, 1.165) is 50.9 Å². The lowest BCUT2D eigenvalue weighted by atomic mass is 9.73. The van der Waals surface area contributed by atoms with Crippen LogP contribution >= 0.6 is 0 Å². The molecule has 0 aliphatic carbocycles. The maximum Gasteiger partial charge on any atom is 0.254 e. The molecule has 2 amide bonds. The SMILES string of the molecule is Cc1ccc(C(=O)N2CCC[C@@]3(CCC(=O)N(CCC(C)C)C3)C2)cc1O. The number of amides is 2. The van der Waals surface area contributed by atoms with Crippen molar-refractivity contribution >= 4 is 11.8 Å². The van der Waals surface area contributed by atoms with Gasteiger partial charge in [-0.05, 0) is 56.2 Å². The third-order valence-corrected chi connectivity index (χ3v) is 6.13. The van der Waals surface area contributed by atoms with Crippen LogP contribution in [0.1, 0.15) is 61.9 Å². The summed E-state index contributed by atoms with van der Waals surface area (Å²) in [5.41, 5.74) is 1.33. The third kappa shape index (κ3) is 4.45. The van der Waals surface area contributed by atoms with Crippen LogP contribution in [0.25, 0.3) is 0 Å². The van der Waals surface area contributed by atoms with Crippen molar-refractivity contribution in [1.29, 1.82) is 0 Å². The van der Waals surface area contributed by atoms with Crippen molar-refractivity contribution in [3.63, 3.8) is 0 Å². The van der Waals surface area contributed by atoms with Crippen LogP contribution in [-0.2, 0) is 4.79 Å². The Morgan fingerprint density at radius 2 is 2.04 bits per heavy atom. The van der Waals surface area contributed by atoms with Crippen molar-refractivity contribution in [2.75, 3.05) is 26.2 Å². The lowest BCUT2D eigenvalue weighted by molar-refractivity contribution is -0.139. The summed E-state index contributed by atoms with van der Waals surface area (Å²) >= 11 is 0. The van der Waals surface area contributed by atoms with Crippen molar-refractivity contribution < 1.29 is 14.7 Å². The van der Waals surface area contributed by atoms with Gasteiger partial charge in [0.25, 0.3) is 5.91 Å². The minimum Gasteiger partial charge on any atom is -0.508 e. The Balaban J connectivity index is 1.71. The molecule has 1 aromatic rings. The number of likely N-dealkylation sites (tertiary alicyclic amines) is 2. The second-order valence-electron chi connectivity index (χ2n) is 8.83. The highest BCUT2D eigenvalue weighted by atomic mass is 16.3. The zero-order chi connectivity index (χ0) is 19.6. The highest BCUT2D eigenvalue weighted by Crippen LogP contribution is 2.39. The largest absolute Gasteiger partial charge is 0.508 e. The first-order valence-electron chi connectivity index (χ1n) is 10.2. The zero-order valence-electron chi connectivity index (χ0n) is 16.8. The van der Waals surface area contributed by atoms with Crippen LogP contribution in [0.4, 0.5) is 0 Å². The molecular weight excluding hydrogens is 340 g/mol. The first-order valence-corrected chi connectivity index (χ1v) is 10.2. The fourth-order valence-corrected chi connectivity index (χ4v) is 4.36. The van der Waals surface area contributed by atoms with Gasteiger partial charge in [-0.3, -0.25) is 9.59 Å². The highest BCUT2D eigenvalue weighted by molar-refractivity contribution is 5.94. The summed E-state index contributed by atoms with van der Waals surface area (Å²) in [6, 6.07) is 5.14. The molecule has 2 aliphatic heterocycles. The second kappa shape index (κ2) is 7.91. The van der Waals surface area contributed by atoms with E-state index in [1.807, 2.05) is 16.7 Å². The standard InChI is InChI=1S/C22H32N2O3/c1-16(2)8-12-23-14-22(10-7-20(23)26)9-4-11-24(15-22)21(27)18-6-5-17(3)19(25)13-18/h5-6,13,16,25H,4,7-12,14-15H2,1-3H3/t22-/m0/s1. The van der Waals surface area contributed by atoms with E-state index in [2.05, 4.69) is 13.8 Å². The normalized spacial score (nSPS) is 23.3. The van der Waals surface area contributed by atoms with Gasteiger partial charge in [0, 0.05) is 43.6 Å². The predicted molar refractivity (Wildman–Crippen MR) is 106 cm³/mol. The zero-order valence-corrected chi connectivity index (χ0v) is 16.8. The predicted octanol–water partition coefficient (Wildman–Crippen LogP) is 3.59. The number of carbonyl (C=O) groups excluding carboxylic acids is 2. The summed E-state index contributed by atoms with van der Waals surface area (Å²) in [6.07, 6.45) is 4.52. The number of nitrogens with zero attached hydrogens (tertiary/aromatic N) is 2. The number of phenolic OH excluding ortho intramolecular Hbond substituents is 1. The van der Waals surface area contributed by atoms with Gasteiger partial charge in [-0.15, -0.1) is 0 Å². The van der Waals surface area contributed by atoms with E-state index in [9.17, 15) is 14.7 Å². The van der Waals surface area contributed by atoms with E-state index in [1.165, 1.54) is 0 Å². The maximum atomic E-state index is 13.0. The van der Waals surface area contributed by atoms with Gasteiger partial charge < -0.3 is 14.9 Å². The Bertz CT molecular complexity index is 716. The van der Waals surface area contributed by atoms with E-state index in [1.54, 1.807) is 18.2 Å². The number of phenols is 1. The minimum absolute atomic E-state index is 0.0185. The van der Waals surface area contributed by atoms with Crippen LogP contribution in [0.5, 0.6) is 5.75 Å². The van der Waals surface area contributed by atoms with Gasteiger partial charge >= 0.3 is 0 Å². The van der Waals surface area contributed by atoms with Gasteiger partial charge in [-0.1, -0.05) is 19.9 Å². The third-order valence-electron chi connectivity index (χ3n) is 6.13. The summed E-state index contributed by atoms with van der Waals surface area (Å²) in [4.78, 5) is 29.3. The van der Waals surface area contributed by atoms with Crippen molar-refractivity contribution in [3.8, 4) is 5.75 Å². The summed E-state index contributed by atoms with van der Waals surface area (Å²) in [7, 11) is 0. The molecule has 27 heavy (non-hydrogen) atoms. The smallest absolute Gasteiger partial charge is 0.254 e. The summed E-state index contributed by atoms with van der Waals surface area (Å²) in [5.74, 6) is 0.980. The molecule has 0 radical (unpaired) electrons.